The van der Waals surface area contributed by atoms with Gasteiger partial charge in [0.25, 0.3) is 10.0 Å². The lowest BCUT2D eigenvalue weighted by atomic mass is 10.1. The molecule has 29 heavy (non-hydrogen) atoms. The van der Waals surface area contributed by atoms with E-state index in [2.05, 4.69) is 33.1 Å². The third kappa shape index (κ3) is 4.37. The van der Waals surface area contributed by atoms with E-state index >= 15 is 0 Å². The highest BCUT2D eigenvalue weighted by Gasteiger charge is 2.17. The molecule has 0 saturated carbocycles. The second-order valence-electron chi connectivity index (χ2n) is 7.54. The van der Waals surface area contributed by atoms with Gasteiger partial charge in [-0.25, -0.2) is 8.42 Å². The molecule has 7 heteroatoms. The Bertz CT molecular complexity index is 1130. The fourth-order valence-corrected chi connectivity index (χ4v) is 4.75. The van der Waals surface area contributed by atoms with Gasteiger partial charge in [0.05, 0.1) is 4.90 Å². The van der Waals surface area contributed by atoms with E-state index < -0.39 is 10.0 Å². The Labute approximate surface area is 171 Å². The number of sulfonamides is 1. The summed E-state index contributed by atoms with van der Waals surface area (Å²) in [6.45, 7) is 8.76. The standard InChI is InChI=1S/C22H26N4O2S/c1-3-17-5-4-6-20(13-17)29(27,28)24-19-7-8-22-21(14-19)18(15-23-22)16-26-11-9-25(2)10-12-26/h3-8,13-15,23-24H,1,9-12,16H2,2H3. The van der Waals surface area contributed by atoms with Gasteiger partial charge in [0.15, 0.2) is 0 Å². The lowest BCUT2D eigenvalue weighted by Gasteiger charge is -2.32. The fourth-order valence-electron chi connectivity index (χ4n) is 3.64. The predicted molar refractivity (Wildman–Crippen MR) is 118 cm³/mol. The van der Waals surface area contributed by atoms with Crippen molar-refractivity contribution in [3.63, 3.8) is 0 Å². The first kappa shape index (κ1) is 19.7. The lowest BCUT2D eigenvalue weighted by Crippen LogP contribution is -2.43. The molecule has 0 amide bonds. The third-order valence-corrected chi connectivity index (χ3v) is 6.79. The van der Waals surface area contributed by atoms with Crippen molar-refractivity contribution < 1.29 is 8.42 Å². The van der Waals surface area contributed by atoms with Gasteiger partial charge in [-0.2, -0.15) is 0 Å². The Balaban J connectivity index is 1.57. The molecule has 3 aromatic rings. The molecule has 0 aliphatic carbocycles. The number of H-pyrrole nitrogens is 1. The molecule has 2 aromatic carbocycles. The average Bonchev–Trinajstić information content (AvgIpc) is 3.11. The fraction of sp³-hybridized carbons (Fsp3) is 0.273. The summed E-state index contributed by atoms with van der Waals surface area (Å²) >= 11 is 0. The summed E-state index contributed by atoms with van der Waals surface area (Å²) in [7, 11) is -1.52. The van der Waals surface area contributed by atoms with E-state index in [9.17, 15) is 8.42 Å². The van der Waals surface area contributed by atoms with Crippen molar-refractivity contribution >= 4 is 32.7 Å². The van der Waals surface area contributed by atoms with E-state index in [-0.39, 0.29) is 4.90 Å². The van der Waals surface area contributed by atoms with Gasteiger partial charge < -0.3 is 9.88 Å². The number of rotatable bonds is 6. The number of nitrogens with one attached hydrogen (secondary N) is 2. The zero-order chi connectivity index (χ0) is 20.4. The van der Waals surface area contributed by atoms with Crippen molar-refractivity contribution in [2.75, 3.05) is 37.9 Å². The highest BCUT2D eigenvalue weighted by atomic mass is 32.2. The van der Waals surface area contributed by atoms with Crippen LogP contribution in [0.3, 0.4) is 0 Å². The number of hydrogen-bond acceptors (Lipinski definition) is 4. The molecule has 0 spiro atoms. The number of aromatic amines is 1. The largest absolute Gasteiger partial charge is 0.361 e. The third-order valence-electron chi connectivity index (χ3n) is 5.41. The first-order valence-electron chi connectivity index (χ1n) is 9.71. The van der Waals surface area contributed by atoms with Crippen LogP contribution in [0.5, 0.6) is 0 Å². The van der Waals surface area contributed by atoms with Crippen molar-refractivity contribution in [1.29, 1.82) is 0 Å². The number of aromatic nitrogens is 1. The monoisotopic (exact) mass is 410 g/mol. The van der Waals surface area contributed by atoms with Gasteiger partial charge >= 0.3 is 0 Å². The molecular formula is C22H26N4O2S. The van der Waals surface area contributed by atoms with Crippen LogP contribution in [-0.2, 0) is 16.6 Å². The number of anilines is 1. The second kappa shape index (κ2) is 8.02. The van der Waals surface area contributed by atoms with Gasteiger partial charge in [0.1, 0.15) is 0 Å². The summed E-state index contributed by atoms with van der Waals surface area (Å²) < 4.78 is 28.3. The van der Waals surface area contributed by atoms with Gasteiger partial charge in [-0.3, -0.25) is 9.62 Å². The summed E-state index contributed by atoms with van der Waals surface area (Å²) in [6, 6.07) is 12.4. The molecule has 152 valence electrons. The molecule has 2 heterocycles. The van der Waals surface area contributed by atoms with E-state index in [1.54, 1.807) is 30.3 Å². The molecule has 0 atom stereocenters. The van der Waals surface area contributed by atoms with Crippen LogP contribution in [0.4, 0.5) is 5.69 Å². The van der Waals surface area contributed by atoms with Crippen molar-refractivity contribution in [3.8, 4) is 0 Å². The molecule has 0 bridgehead atoms. The zero-order valence-electron chi connectivity index (χ0n) is 16.6. The normalized spacial score (nSPS) is 16.2. The number of fused-ring (bicyclic) bond motifs is 1. The Morgan fingerprint density at radius 3 is 2.69 bits per heavy atom. The van der Waals surface area contributed by atoms with Gasteiger partial charge in [0, 0.05) is 55.5 Å². The molecule has 1 aliphatic heterocycles. The lowest BCUT2D eigenvalue weighted by molar-refractivity contribution is 0.148. The minimum Gasteiger partial charge on any atom is -0.361 e. The molecule has 1 fully saturated rings. The van der Waals surface area contributed by atoms with Crippen molar-refractivity contribution in [2.24, 2.45) is 0 Å². The van der Waals surface area contributed by atoms with Crippen molar-refractivity contribution in [1.82, 2.24) is 14.8 Å². The molecule has 6 nitrogen and oxygen atoms in total. The van der Waals surface area contributed by atoms with Crippen LogP contribution in [0.25, 0.3) is 17.0 Å². The Kier molecular flexibility index (Phi) is 5.45. The molecule has 4 rings (SSSR count). The van der Waals surface area contributed by atoms with Crippen LogP contribution in [-0.4, -0.2) is 56.4 Å². The zero-order valence-corrected chi connectivity index (χ0v) is 17.4. The predicted octanol–water partition coefficient (Wildman–Crippen LogP) is 3.36. The van der Waals surface area contributed by atoms with E-state index in [1.807, 2.05) is 24.4 Å². The van der Waals surface area contributed by atoms with Crippen LogP contribution >= 0.6 is 0 Å². The molecule has 1 saturated heterocycles. The highest BCUT2D eigenvalue weighted by Crippen LogP contribution is 2.26. The number of piperazine rings is 1. The minimum absolute atomic E-state index is 0.224. The smallest absolute Gasteiger partial charge is 0.261 e. The Morgan fingerprint density at radius 1 is 1.14 bits per heavy atom. The molecule has 2 N–H and O–H groups in total. The second-order valence-corrected chi connectivity index (χ2v) is 9.22. The molecule has 1 aliphatic rings. The van der Waals surface area contributed by atoms with Gasteiger partial charge in [-0.15, -0.1) is 0 Å². The number of hydrogen-bond donors (Lipinski definition) is 2. The van der Waals surface area contributed by atoms with Crippen LogP contribution in [0.2, 0.25) is 0 Å². The molecular weight excluding hydrogens is 384 g/mol. The number of nitrogens with zero attached hydrogens (tertiary/aromatic N) is 2. The maximum Gasteiger partial charge on any atom is 0.261 e. The van der Waals surface area contributed by atoms with Crippen LogP contribution in [0, 0.1) is 0 Å². The Morgan fingerprint density at radius 2 is 1.93 bits per heavy atom. The van der Waals surface area contributed by atoms with Gasteiger partial charge in [-0.05, 0) is 48.5 Å². The SMILES string of the molecule is C=Cc1cccc(S(=O)(=O)Nc2ccc3[nH]cc(CN4CCN(C)CC4)c3c2)c1. The summed E-state index contributed by atoms with van der Waals surface area (Å²) in [5, 5.41) is 1.05. The van der Waals surface area contributed by atoms with Crippen LogP contribution in [0.1, 0.15) is 11.1 Å². The topological polar surface area (TPSA) is 68.4 Å². The quantitative estimate of drug-likeness (QED) is 0.654. The molecule has 1 aromatic heterocycles. The minimum atomic E-state index is -3.67. The van der Waals surface area contributed by atoms with E-state index in [4.69, 9.17) is 0 Å². The average molecular weight is 411 g/mol. The van der Waals surface area contributed by atoms with Crippen molar-refractivity contribution in [2.45, 2.75) is 11.4 Å². The van der Waals surface area contributed by atoms with E-state index in [0.29, 0.717) is 5.69 Å². The van der Waals surface area contributed by atoms with Crippen molar-refractivity contribution in [3.05, 3.63) is 66.4 Å². The van der Waals surface area contributed by atoms with Crippen LogP contribution in [0.15, 0.2) is 60.1 Å². The summed E-state index contributed by atoms with van der Waals surface area (Å²) in [5.74, 6) is 0. The molecule has 0 radical (unpaired) electrons. The maximum absolute atomic E-state index is 12.8. The van der Waals surface area contributed by atoms with E-state index in [0.717, 1.165) is 49.2 Å². The highest BCUT2D eigenvalue weighted by molar-refractivity contribution is 7.92. The number of likely N-dealkylation sites (N-methyl/N-ethyl adjacent to an activating group) is 1. The Hall–Kier alpha value is -2.61. The van der Waals surface area contributed by atoms with Gasteiger partial charge in [0.2, 0.25) is 0 Å². The summed E-state index contributed by atoms with van der Waals surface area (Å²) in [4.78, 5) is 8.29. The summed E-state index contributed by atoms with van der Waals surface area (Å²) in [5.41, 5.74) is 3.51. The molecule has 0 unspecified atom stereocenters. The first-order chi connectivity index (χ1) is 13.9. The van der Waals surface area contributed by atoms with Crippen LogP contribution < -0.4 is 4.72 Å². The van der Waals surface area contributed by atoms with Gasteiger partial charge in [-0.1, -0.05) is 24.8 Å². The maximum atomic E-state index is 12.8. The number of benzene rings is 2. The van der Waals surface area contributed by atoms with E-state index in [1.165, 1.54) is 5.56 Å². The summed E-state index contributed by atoms with van der Waals surface area (Å²) in [6.07, 6.45) is 3.66. The first-order valence-corrected chi connectivity index (χ1v) is 11.2.